The van der Waals surface area contributed by atoms with E-state index >= 15 is 0 Å². The number of anilines is 1. The molecule has 0 radical (unpaired) electrons. The first-order valence-electron chi connectivity index (χ1n) is 5.26. The first kappa shape index (κ1) is 12.4. The van der Waals surface area contributed by atoms with Gasteiger partial charge < -0.3 is 15.2 Å². The highest BCUT2D eigenvalue weighted by Crippen LogP contribution is 2.23. The highest BCUT2D eigenvalue weighted by atomic mass is 16.5. The van der Waals surface area contributed by atoms with Crippen molar-refractivity contribution in [2.24, 2.45) is 0 Å². The predicted octanol–water partition coefficient (Wildman–Crippen LogP) is 2.39. The summed E-state index contributed by atoms with van der Waals surface area (Å²) in [5, 5.41) is 12.5. The van der Waals surface area contributed by atoms with E-state index < -0.39 is 5.97 Å². The van der Waals surface area contributed by atoms with E-state index in [4.69, 9.17) is 0 Å². The number of carbonyl (C=O) groups is 1. The maximum absolute atomic E-state index is 11.5. The summed E-state index contributed by atoms with van der Waals surface area (Å²) >= 11 is 0. The minimum Gasteiger partial charge on any atom is -0.508 e. The number of rotatable bonds is 4. The molecule has 0 heterocycles. The van der Waals surface area contributed by atoms with Crippen molar-refractivity contribution in [1.29, 1.82) is 0 Å². The van der Waals surface area contributed by atoms with E-state index in [1.54, 1.807) is 6.07 Å². The summed E-state index contributed by atoms with van der Waals surface area (Å²) in [6.07, 6.45) is 0.946. The number of nitrogens with one attached hydrogen (secondary N) is 1. The summed E-state index contributed by atoms with van der Waals surface area (Å²) in [7, 11) is 1.32. The molecule has 88 valence electrons. The van der Waals surface area contributed by atoms with Crippen LogP contribution in [0, 0.1) is 0 Å². The molecule has 0 aromatic heterocycles. The van der Waals surface area contributed by atoms with E-state index in [9.17, 15) is 9.90 Å². The van der Waals surface area contributed by atoms with E-state index in [1.165, 1.54) is 19.2 Å². The third-order valence-corrected chi connectivity index (χ3v) is 2.42. The summed E-state index contributed by atoms with van der Waals surface area (Å²) in [5.41, 5.74) is 1.03. The zero-order valence-electron chi connectivity index (χ0n) is 9.78. The van der Waals surface area contributed by atoms with Crippen LogP contribution in [-0.4, -0.2) is 24.2 Å². The van der Waals surface area contributed by atoms with Crippen LogP contribution in [0.4, 0.5) is 5.69 Å². The lowest BCUT2D eigenvalue weighted by molar-refractivity contribution is 0.0601. The zero-order chi connectivity index (χ0) is 12.1. The van der Waals surface area contributed by atoms with E-state index in [-0.39, 0.29) is 11.8 Å². The summed E-state index contributed by atoms with van der Waals surface area (Å²) in [5.74, 6) is -0.406. The summed E-state index contributed by atoms with van der Waals surface area (Å²) in [6.45, 7) is 4.07. The fraction of sp³-hybridized carbons (Fsp3) is 0.417. The first-order valence-corrected chi connectivity index (χ1v) is 5.26. The van der Waals surface area contributed by atoms with Gasteiger partial charge >= 0.3 is 5.97 Å². The van der Waals surface area contributed by atoms with Gasteiger partial charge in [-0.05, 0) is 31.5 Å². The Labute approximate surface area is 95.2 Å². The van der Waals surface area contributed by atoms with Gasteiger partial charge in [-0.1, -0.05) is 6.92 Å². The van der Waals surface area contributed by atoms with Gasteiger partial charge in [-0.3, -0.25) is 0 Å². The smallest absolute Gasteiger partial charge is 0.340 e. The van der Waals surface area contributed by atoms with Crippen LogP contribution in [0.15, 0.2) is 18.2 Å². The second-order valence-corrected chi connectivity index (χ2v) is 3.68. The van der Waals surface area contributed by atoms with Gasteiger partial charge in [0.1, 0.15) is 5.75 Å². The van der Waals surface area contributed by atoms with Crippen LogP contribution < -0.4 is 5.32 Å². The van der Waals surface area contributed by atoms with Crippen LogP contribution in [0.25, 0.3) is 0 Å². The zero-order valence-corrected chi connectivity index (χ0v) is 9.78. The number of carbonyl (C=O) groups excluding carboxylic acids is 1. The van der Waals surface area contributed by atoms with E-state index in [0.29, 0.717) is 11.3 Å². The van der Waals surface area contributed by atoms with Crippen LogP contribution >= 0.6 is 0 Å². The molecule has 0 aliphatic heterocycles. The SMILES string of the molecule is CC[C@H](C)Nc1ccc(O)cc1C(=O)OC. The maximum atomic E-state index is 11.5. The van der Waals surface area contributed by atoms with Crippen molar-refractivity contribution in [3.05, 3.63) is 23.8 Å². The van der Waals surface area contributed by atoms with E-state index in [0.717, 1.165) is 6.42 Å². The summed E-state index contributed by atoms with van der Waals surface area (Å²) < 4.78 is 4.66. The molecule has 0 saturated heterocycles. The molecular weight excluding hydrogens is 206 g/mol. The third-order valence-electron chi connectivity index (χ3n) is 2.42. The minimum atomic E-state index is -0.457. The van der Waals surface area contributed by atoms with Crippen molar-refractivity contribution in [2.75, 3.05) is 12.4 Å². The fourth-order valence-electron chi connectivity index (χ4n) is 1.30. The van der Waals surface area contributed by atoms with Crippen molar-refractivity contribution < 1.29 is 14.6 Å². The molecule has 0 unspecified atom stereocenters. The molecule has 4 heteroatoms. The lowest BCUT2D eigenvalue weighted by atomic mass is 10.1. The monoisotopic (exact) mass is 223 g/mol. The van der Waals surface area contributed by atoms with Crippen LogP contribution in [0.1, 0.15) is 30.6 Å². The average molecular weight is 223 g/mol. The van der Waals surface area contributed by atoms with E-state index in [2.05, 4.69) is 17.0 Å². The number of ether oxygens (including phenoxy) is 1. The third kappa shape index (κ3) is 2.89. The van der Waals surface area contributed by atoms with Gasteiger partial charge in [0.05, 0.1) is 12.7 Å². The van der Waals surface area contributed by atoms with Gasteiger partial charge in [-0.15, -0.1) is 0 Å². The quantitative estimate of drug-likeness (QED) is 0.608. The molecule has 0 fully saturated rings. The number of phenolic OH excluding ortho intramolecular Hbond substituents is 1. The number of esters is 1. The van der Waals surface area contributed by atoms with Gasteiger partial charge in [0, 0.05) is 11.7 Å². The molecule has 16 heavy (non-hydrogen) atoms. The molecule has 1 aromatic carbocycles. The standard InChI is InChI=1S/C12H17NO3/c1-4-8(2)13-11-6-5-9(14)7-10(11)12(15)16-3/h5-8,13-14H,4H2,1-3H3/t8-/m0/s1. The van der Waals surface area contributed by atoms with Crippen LogP contribution in [-0.2, 0) is 4.74 Å². The maximum Gasteiger partial charge on any atom is 0.340 e. The molecule has 0 spiro atoms. The van der Waals surface area contributed by atoms with Crippen molar-refractivity contribution in [3.63, 3.8) is 0 Å². The summed E-state index contributed by atoms with van der Waals surface area (Å²) in [4.78, 5) is 11.5. The van der Waals surface area contributed by atoms with Gasteiger partial charge in [0.2, 0.25) is 0 Å². The molecule has 0 bridgehead atoms. The summed E-state index contributed by atoms with van der Waals surface area (Å²) in [6, 6.07) is 4.87. The molecule has 4 nitrogen and oxygen atoms in total. The Bertz CT molecular complexity index is 377. The molecule has 0 amide bonds. The Morgan fingerprint density at radius 3 is 2.81 bits per heavy atom. The molecule has 1 atom stereocenters. The second kappa shape index (κ2) is 5.39. The Morgan fingerprint density at radius 1 is 1.56 bits per heavy atom. The number of methoxy groups -OCH3 is 1. The molecular formula is C12H17NO3. The van der Waals surface area contributed by atoms with Crippen LogP contribution in [0.2, 0.25) is 0 Å². The van der Waals surface area contributed by atoms with Crippen molar-refractivity contribution >= 4 is 11.7 Å². The Balaban J connectivity index is 3.02. The molecule has 0 aliphatic rings. The van der Waals surface area contributed by atoms with Gasteiger partial charge in [-0.25, -0.2) is 4.79 Å². The van der Waals surface area contributed by atoms with Crippen LogP contribution in [0.5, 0.6) is 5.75 Å². The minimum absolute atomic E-state index is 0.0510. The molecule has 0 saturated carbocycles. The Kier molecular flexibility index (Phi) is 4.17. The number of hydrogen-bond donors (Lipinski definition) is 2. The van der Waals surface area contributed by atoms with Crippen molar-refractivity contribution in [2.45, 2.75) is 26.3 Å². The molecule has 0 aliphatic carbocycles. The average Bonchev–Trinajstić information content (AvgIpc) is 2.30. The van der Waals surface area contributed by atoms with Gasteiger partial charge in [0.25, 0.3) is 0 Å². The number of benzene rings is 1. The lowest BCUT2D eigenvalue weighted by Gasteiger charge is -2.15. The fourth-order valence-corrected chi connectivity index (χ4v) is 1.30. The Morgan fingerprint density at radius 2 is 2.25 bits per heavy atom. The highest BCUT2D eigenvalue weighted by molar-refractivity contribution is 5.96. The number of aromatic hydroxyl groups is 1. The lowest BCUT2D eigenvalue weighted by Crippen LogP contribution is -2.16. The highest BCUT2D eigenvalue weighted by Gasteiger charge is 2.13. The molecule has 2 N–H and O–H groups in total. The largest absolute Gasteiger partial charge is 0.508 e. The van der Waals surface area contributed by atoms with Crippen molar-refractivity contribution in [1.82, 2.24) is 0 Å². The topological polar surface area (TPSA) is 58.6 Å². The molecule has 1 aromatic rings. The normalized spacial score (nSPS) is 11.9. The Hall–Kier alpha value is -1.71. The van der Waals surface area contributed by atoms with Gasteiger partial charge in [0.15, 0.2) is 0 Å². The van der Waals surface area contributed by atoms with Crippen molar-refractivity contribution in [3.8, 4) is 5.75 Å². The first-order chi connectivity index (χ1) is 7.58. The predicted molar refractivity (Wildman–Crippen MR) is 62.8 cm³/mol. The second-order valence-electron chi connectivity index (χ2n) is 3.68. The van der Waals surface area contributed by atoms with E-state index in [1.807, 2.05) is 6.92 Å². The molecule has 1 rings (SSSR count). The number of hydrogen-bond acceptors (Lipinski definition) is 4. The van der Waals surface area contributed by atoms with Crippen LogP contribution in [0.3, 0.4) is 0 Å². The van der Waals surface area contributed by atoms with Gasteiger partial charge in [-0.2, -0.15) is 0 Å². The number of phenols is 1.